The zero-order valence-electron chi connectivity index (χ0n) is 8.44. The van der Waals surface area contributed by atoms with Crippen LogP contribution in [0, 0.1) is 6.92 Å². The first-order valence-corrected chi connectivity index (χ1v) is 4.78. The molecule has 0 unspecified atom stereocenters. The fourth-order valence-corrected chi connectivity index (χ4v) is 1.56. The Bertz CT molecular complexity index is 417. The molecule has 0 aliphatic carbocycles. The van der Waals surface area contributed by atoms with Gasteiger partial charge in [-0.1, -0.05) is 30.3 Å². The molecule has 0 spiro atoms. The van der Waals surface area contributed by atoms with Crippen LogP contribution in [0.15, 0.2) is 30.3 Å². The van der Waals surface area contributed by atoms with Gasteiger partial charge in [-0.25, -0.2) is 0 Å². The first kappa shape index (κ1) is 8.94. The Labute approximate surface area is 83.4 Å². The Morgan fingerprint density at radius 2 is 1.86 bits per heavy atom. The molecule has 72 valence electrons. The molecule has 2 rings (SSSR count). The van der Waals surface area contributed by atoms with Crippen LogP contribution in [0.25, 0.3) is 11.4 Å². The first-order chi connectivity index (χ1) is 6.83. The van der Waals surface area contributed by atoms with Gasteiger partial charge < -0.3 is 4.57 Å². The minimum Gasteiger partial charge on any atom is -0.312 e. The summed E-state index contributed by atoms with van der Waals surface area (Å²) >= 11 is 0. The van der Waals surface area contributed by atoms with Gasteiger partial charge in [0.15, 0.2) is 5.82 Å². The van der Waals surface area contributed by atoms with Crippen LogP contribution in [0.5, 0.6) is 0 Å². The Morgan fingerprint density at radius 3 is 2.50 bits per heavy atom. The highest BCUT2D eigenvalue weighted by molar-refractivity contribution is 5.54. The SMILES string of the molecule is CCn1c(C)nnc1-c1ccccc1. The highest BCUT2D eigenvalue weighted by Crippen LogP contribution is 2.16. The van der Waals surface area contributed by atoms with Gasteiger partial charge in [-0.15, -0.1) is 10.2 Å². The summed E-state index contributed by atoms with van der Waals surface area (Å²) in [4.78, 5) is 0. The van der Waals surface area contributed by atoms with Crippen LogP contribution in [-0.4, -0.2) is 14.8 Å². The maximum Gasteiger partial charge on any atom is 0.163 e. The third-order valence-corrected chi connectivity index (χ3v) is 2.28. The Morgan fingerprint density at radius 1 is 1.14 bits per heavy atom. The summed E-state index contributed by atoms with van der Waals surface area (Å²) < 4.78 is 2.11. The van der Waals surface area contributed by atoms with E-state index in [0.717, 1.165) is 23.8 Å². The topological polar surface area (TPSA) is 30.7 Å². The van der Waals surface area contributed by atoms with Crippen molar-refractivity contribution in [3.63, 3.8) is 0 Å². The lowest BCUT2D eigenvalue weighted by atomic mass is 10.2. The van der Waals surface area contributed by atoms with Crippen LogP contribution in [-0.2, 0) is 6.54 Å². The number of aryl methyl sites for hydroxylation is 1. The second-order valence-corrected chi connectivity index (χ2v) is 3.18. The molecule has 0 radical (unpaired) electrons. The van der Waals surface area contributed by atoms with E-state index in [0.29, 0.717) is 0 Å². The van der Waals surface area contributed by atoms with E-state index < -0.39 is 0 Å². The van der Waals surface area contributed by atoms with Crippen molar-refractivity contribution in [2.75, 3.05) is 0 Å². The summed E-state index contributed by atoms with van der Waals surface area (Å²) in [5, 5.41) is 8.25. The zero-order chi connectivity index (χ0) is 9.97. The summed E-state index contributed by atoms with van der Waals surface area (Å²) in [6.45, 7) is 4.98. The third-order valence-electron chi connectivity index (χ3n) is 2.28. The first-order valence-electron chi connectivity index (χ1n) is 4.78. The van der Waals surface area contributed by atoms with Crippen molar-refractivity contribution in [3.8, 4) is 11.4 Å². The number of nitrogens with zero attached hydrogens (tertiary/aromatic N) is 3. The normalized spacial score (nSPS) is 10.4. The van der Waals surface area contributed by atoms with Crippen LogP contribution in [0.4, 0.5) is 0 Å². The standard InChI is InChI=1S/C11H13N3/c1-3-14-9(2)12-13-11(14)10-7-5-4-6-8-10/h4-8H,3H2,1-2H3. The quantitative estimate of drug-likeness (QED) is 0.722. The summed E-state index contributed by atoms with van der Waals surface area (Å²) in [5.74, 6) is 1.91. The van der Waals surface area contributed by atoms with E-state index >= 15 is 0 Å². The largest absolute Gasteiger partial charge is 0.312 e. The van der Waals surface area contributed by atoms with Crippen LogP contribution in [0.3, 0.4) is 0 Å². The monoisotopic (exact) mass is 187 g/mol. The van der Waals surface area contributed by atoms with Gasteiger partial charge in [0.25, 0.3) is 0 Å². The van der Waals surface area contributed by atoms with Gasteiger partial charge in [-0.3, -0.25) is 0 Å². The van der Waals surface area contributed by atoms with E-state index in [1.54, 1.807) is 0 Å². The maximum absolute atomic E-state index is 4.17. The van der Waals surface area contributed by atoms with Crippen LogP contribution in [0.1, 0.15) is 12.7 Å². The van der Waals surface area contributed by atoms with Gasteiger partial charge in [0.05, 0.1) is 0 Å². The second kappa shape index (κ2) is 3.62. The molecule has 1 aromatic carbocycles. The van der Waals surface area contributed by atoms with Crippen molar-refractivity contribution in [1.29, 1.82) is 0 Å². The second-order valence-electron chi connectivity index (χ2n) is 3.18. The highest BCUT2D eigenvalue weighted by atomic mass is 15.3. The molecular formula is C11H13N3. The minimum atomic E-state index is 0.906. The van der Waals surface area contributed by atoms with Crippen LogP contribution in [0.2, 0.25) is 0 Å². The van der Waals surface area contributed by atoms with Crippen LogP contribution < -0.4 is 0 Å². The van der Waals surface area contributed by atoms with E-state index in [1.165, 1.54) is 0 Å². The molecule has 0 saturated heterocycles. The lowest BCUT2D eigenvalue weighted by Crippen LogP contribution is -1.99. The molecule has 0 amide bonds. The molecule has 0 fully saturated rings. The van der Waals surface area contributed by atoms with E-state index in [9.17, 15) is 0 Å². The molecule has 1 heterocycles. The van der Waals surface area contributed by atoms with Gasteiger partial charge in [0, 0.05) is 12.1 Å². The number of aromatic nitrogens is 3. The molecular weight excluding hydrogens is 174 g/mol. The van der Waals surface area contributed by atoms with Crippen molar-refractivity contribution in [1.82, 2.24) is 14.8 Å². The van der Waals surface area contributed by atoms with Crippen molar-refractivity contribution >= 4 is 0 Å². The lowest BCUT2D eigenvalue weighted by Gasteiger charge is -2.04. The van der Waals surface area contributed by atoms with Crippen molar-refractivity contribution < 1.29 is 0 Å². The number of hydrogen-bond acceptors (Lipinski definition) is 2. The summed E-state index contributed by atoms with van der Waals surface area (Å²) in [6.07, 6.45) is 0. The van der Waals surface area contributed by atoms with E-state index in [2.05, 4.69) is 33.8 Å². The molecule has 14 heavy (non-hydrogen) atoms. The van der Waals surface area contributed by atoms with Crippen LogP contribution >= 0.6 is 0 Å². The van der Waals surface area contributed by atoms with E-state index in [-0.39, 0.29) is 0 Å². The molecule has 2 aromatic rings. The molecule has 3 heteroatoms. The van der Waals surface area contributed by atoms with Crippen molar-refractivity contribution in [3.05, 3.63) is 36.2 Å². The maximum atomic E-state index is 4.17. The minimum absolute atomic E-state index is 0.906. The molecule has 0 aliphatic heterocycles. The van der Waals surface area contributed by atoms with Crippen molar-refractivity contribution in [2.24, 2.45) is 0 Å². The summed E-state index contributed by atoms with van der Waals surface area (Å²) in [5.41, 5.74) is 1.12. The van der Waals surface area contributed by atoms with Gasteiger partial charge in [0.1, 0.15) is 5.82 Å². The average Bonchev–Trinajstić information content (AvgIpc) is 2.61. The molecule has 0 bridgehead atoms. The smallest absolute Gasteiger partial charge is 0.163 e. The summed E-state index contributed by atoms with van der Waals surface area (Å²) in [7, 11) is 0. The van der Waals surface area contributed by atoms with Gasteiger partial charge in [-0.05, 0) is 13.8 Å². The lowest BCUT2D eigenvalue weighted by molar-refractivity contribution is 0.737. The highest BCUT2D eigenvalue weighted by Gasteiger charge is 2.07. The average molecular weight is 187 g/mol. The summed E-state index contributed by atoms with van der Waals surface area (Å²) in [6, 6.07) is 10.1. The molecule has 3 nitrogen and oxygen atoms in total. The number of benzene rings is 1. The predicted octanol–water partition coefficient (Wildman–Crippen LogP) is 2.27. The molecule has 0 saturated carbocycles. The van der Waals surface area contributed by atoms with E-state index in [4.69, 9.17) is 0 Å². The predicted molar refractivity (Wildman–Crippen MR) is 55.9 cm³/mol. The number of hydrogen-bond donors (Lipinski definition) is 0. The zero-order valence-corrected chi connectivity index (χ0v) is 8.44. The molecule has 0 aliphatic rings. The molecule has 1 aromatic heterocycles. The Kier molecular flexibility index (Phi) is 2.31. The fourth-order valence-electron chi connectivity index (χ4n) is 1.56. The van der Waals surface area contributed by atoms with Crippen molar-refractivity contribution in [2.45, 2.75) is 20.4 Å². The molecule has 0 N–H and O–H groups in total. The Balaban J connectivity index is 2.52. The third kappa shape index (κ3) is 1.41. The van der Waals surface area contributed by atoms with Gasteiger partial charge >= 0.3 is 0 Å². The Hall–Kier alpha value is -1.64. The van der Waals surface area contributed by atoms with Gasteiger partial charge in [0.2, 0.25) is 0 Å². The number of rotatable bonds is 2. The molecule has 0 atom stereocenters. The van der Waals surface area contributed by atoms with Gasteiger partial charge in [-0.2, -0.15) is 0 Å². The van der Waals surface area contributed by atoms with E-state index in [1.807, 2.05) is 25.1 Å². The fraction of sp³-hybridized carbons (Fsp3) is 0.273.